The van der Waals surface area contributed by atoms with E-state index < -0.39 is 0 Å². The summed E-state index contributed by atoms with van der Waals surface area (Å²) in [7, 11) is 0. The summed E-state index contributed by atoms with van der Waals surface area (Å²) in [6.07, 6.45) is 2.59. The second kappa shape index (κ2) is 6.51. The molecule has 0 aromatic heterocycles. The van der Waals surface area contributed by atoms with Crippen molar-refractivity contribution in [2.24, 2.45) is 0 Å². The number of hydrogen-bond acceptors (Lipinski definition) is 3. The van der Waals surface area contributed by atoms with Crippen LogP contribution in [0.4, 0.5) is 0 Å². The molecule has 0 amide bonds. The molecule has 0 bridgehead atoms. The average molecular weight is 260 g/mol. The summed E-state index contributed by atoms with van der Waals surface area (Å²) in [5.74, 6) is 0.700. The van der Waals surface area contributed by atoms with E-state index in [0.717, 1.165) is 39.4 Å². The fourth-order valence-corrected chi connectivity index (χ4v) is 3.23. The third-order valence-corrected chi connectivity index (χ3v) is 4.33. The highest BCUT2D eigenvalue weighted by Gasteiger charge is 2.19. The molecule has 2 aliphatic rings. The maximum atomic E-state index is 5.39. The molecule has 0 saturated carbocycles. The normalized spacial score (nSPS) is 24.1. The van der Waals surface area contributed by atoms with Gasteiger partial charge in [0.05, 0.1) is 13.2 Å². The molecule has 1 aromatic carbocycles. The first-order valence-corrected chi connectivity index (χ1v) is 7.52. The van der Waals surface area contributed by atoms with Gasteiger partial charge in [-0.05, 0) is 36.4 Å². The van der Waals surface area contributed by atoms with E-state index in [9.17, 15) is 0 Å². The molecule has 3 heteroatoms. The van der Waals surface area contributed by atoms with E-state index >= 15 is 0 Å². The molecule has 2 heterocycles. The Labute approximate surface area is 115 Å². The lowest BCUT2D eigenvalue weighted by atomic mass is 9.87. The molecule has 2 aliphatic heterocycles. The molecule has 1 unspecified atom stereocenters. The van der Waals surface area contributed by atoms with Crippen LogP contribution in [0.25, 0.3) is 0 Å². The molecule has 3 nitrogen and oxygen atoms in total. The molecular weight excluding hydrogens is 236 g/mol. The highest BCUT2D eigenvalue weighted by Crippen LogP contribution is 2.27. The smallest absolute Gasteiger partial charge is 0.0594 e. The summed E-state index contributed by atoms with van der Waals surface area (Å²) in [6.45, 7) is 7.44. The van der Waals surface area contributed by atoms with Gasteiger partial charge >= 0.3 is 0 Å². The zero-order chi connectivity index (χ0) is 12.9. The van der Waals surface area contributed by atoms with Crippen LogP contribution in [0, 0.1) is 0 Å². The van der Waals surface area contributed by atoms with E-state index in [4.69, 9.17) is 4.74 Å². The van der Waals surface area contributed by atoms with E-state index in [0.29, 0.717) is 5.92 Å². The number of nitrogens with zero attached hydrogens (tertiary/aromatic N) is 1. The Hall–Kier alpha value is -0.900. The molecule has 0 radical (unpaired) electrons. The standard InChI is InChI=1S/C16H24N2O/c1-2-6-16-14(4-1)12-17-13-15(16)5-3-7-18-8-10-19-11-9-18/h1-2,4,6,15,17H,3,5,7-13H2. The topological polar surface area (TPSA) is 24.5 Å². The van der Waals surface area contributed by atoms with E-state index in [-0.39, 0.29) is 0 Å². The van der Waals surface area contributed by atoms with E-state index in [1.54, 1.807) is 5.56 Å². The fourth-order valence-electron chi connectivity index (χ4n) is 3.23. The lowest BCUT2D eigenvalue weighted by Gasteiger charge is -2.29. The number of ether oxygens (including phenoxy) is 1. The third-order valence-electron chi connectivity index (χ3n) is 4.33. The van der Waals surface area contributed by atoms with Gasteiger partial charge in [0.2, 0.25) is 0 Å². The predicted molar refractivity (Wildman–Crippen MR) is 77.4 cm³/mol. The second-order valence-electron chi connectivity index (χ2n) is 5.62. The lowest BCUT2D eigenvalue weighted by molar-refractivity contribution is 0.0369. The van der Waals surface area contributed by atoms with E-state index in [2.05, 4.69) is 34.5 Å². The van der Waals surface area contributed by atoms with Crippen LogP contribution in [0.15, 0.2) is 24.3 Å². The molecule has 1 N–H and O–H groups in total. The predicted octanol–water partition coefficient (Wildman–Crippen LogP) is 1.99. The van der Waals surface area contributed by atoms with Gasteiger partial charge in [0.15, 0.2) is 0 Å². The first-order valence-electron chi connectivity index (χ1n) is 7.52. The third kappa shape index (κ3) is 3.35. The average Bonchev–Trinajstić information content (AvgIpc) is 2.49. The van der Waals surface area contributed by atoms with Crippen LogP contribution in [0.2, 0.25) is 0 Å². The molecule has 3 rings (SSSR count). The highest BCUT2D eigenvalue weighted by molar-refractivity contribution is 5.32. The second-order valence-corrected chi connectivity index (χ2v) is 5.62. The van der Waals surface area contributed by atoms with Gasteiger partial charge in [-0.25, -0.2) is 0 Å². The summed E-state index contributed by atoms with van der Waals surface area (Å²) in [5.41, 5.74) is 3.06. The minimum absolute atomic E-state index is 0.700. The summed E-state index contributed by atoms with van der Waals surface area (Å²) >= 11 is 0. The van der Waals surface area contributed by atoms with Crippen molar-refractivity contribution in [3.8, 4) is 0 Å². The van der Waals surface area contributed by atoms with E-state index in [1.807, 2.05) is 0 Å². The number of nitrogens with one attached hydrogen (secondary N) is 1. The molecule has 104 valence electrons. The van der Waals surface area contributed by atoms with Crippen molar-refractivity contribution in [2.45, 2.75) is 25.3 Å². The van der Waals surface area contributed by atoms with Crippen LogP contribution in [0.3, 0.4) is 0 Å². The van der Waals surface area contributed by atoms with Gasteiger partial charge in [0, 0.05) is 26.2 Å². The molecule has 0 spiro atoms. The van der Waals surface area contributed by atoms with Crippen molar-refractivity contribution in [3.05, 3.63) is 35.4 Å². The summed E-state index contributed by atoms with van der Waals surface area (Å²) in [5, 5.41) is 3.55. The molecule has 1 saturated heterocycles. The first kappa shape index (κ1) is 13.1. The summed E-state index contributed by atoms with van der Waals surface area (Å²) < 4.78 is 5.39. The van der Waals surface area contributed by atoms with Gasteiger partial charge in [-0.15, -0.1) is 0 Å². The Morgan fingerprint density at radius 3 is 2.95 bits per heavy atom. The number of morpholine rings is 1. The minimum atomic E-state index is 0.700. The molecule has 1 fully saturated rings. The molecule has 19 heavy (non-hydrogen) atoms. The largest absolute Gasteiger partial charge is 0.379 e. The van der Waals surface area contributed by atoms with Gasteiger partial charge in [0.1, 0.15) is 0 Å². The molecule has 0 aliphatic carbocycles. The quantitative estimate of drug-likeness (QED) is 0.896. The fraction of sp³-hybridized carbons (Fsp3) is 0.625. The maximum absolute atomic E-state index is 5.39. The van der Waals surface area contributed by atoms with Crippen LogP contribution < -0.4 is 5.32 Å². The number of fused-ring (bicyclic) bond motifs is 1. The zero-order valence-corrected chi connectivity index (χ0v) is 11.6. The Morgan fingerprint density at radius 1 is 1.21 bits per heavy atom. The van der Waals surface area contributed by atoms with Gasteiger partial charge in [-0.3, -0.25) is 4.90 Å². The molecular formula is C16H24N2O. The SMILES string of the molecule is c1ccc2c(c1)CNCC2CCCN1CCOCC1. The van der Waals surface area contributed by atoms with Crippen molar-refractivity contribution < 1.29 is 4.74 Å². The van der Waals surface area contributed by atoms with Gasteiger partial charge in [-0.1, -0.05) is 24.3 Å². The molecule has 1 atom stereocenters. The Morgan fingerprint density at radius 2 is 2.05 bits per heavy atom. The van der Waals surface area contributed by atoms with Crippen LogP contribution in [-0.4, -0.2) is 44.3 Å². The lowest BCUT2D eigenvalue weighted by Crippen LogP contribution is -2.37. The van der Waals surface area contributed by atoms with Crippen molar-refractivity contribution in [2.75, 3.05) is 39.4 Å². The van der Waals surface area contributed by atoms with Crippen molar-refractivity contribution >= 4 is 0 Å². The van der Waals surface area contributed by atoms with E-state index in [1.165, 1.54) is 24.9 Å². The number of hydrogen-bond donors (Lipinski definition) is 1. The Bertz CT molecular complexity index is 401. The molecule has 1 aromatic rings. The van der Waals surface area contributed by atoms with Crippen molar-refractivity contribution in [3.63, 3.8) is 0 Å². The number of rotatable bonds is 4. The Balaban J connectivity index is 1.50. The monoisotopic (exact) mass is 260 g/mol. The van der Waals surface area contributed by atoms with Gasteiger partial charge in [-0.2, -0.15) is 0 Å². The zero-order valence-electron chi connectivity index (χ0n) is 11.6. The maximum Gasteiger partial charge on any atom is 0.0594 e. The van der Waals surface area contributed by atoms with Gasteiger partial charge < -0.3 is 10.1 Å². The highest BCUT2D eigenvalue weighted by atomic mass is 16.5. The van der Waals surface area contributed by atoms with Crippen LogP contribution in [0.1, 0.15) is 29.9 Å². The summed E-state index contributed by atoms with van der Waals surface area (Å²) in [4.78, 5) is 2.53. The van der Waals surface area contributed by atoms with Crippen molar-refractivity contribution in [1.82, 2.24) is 10.2 Å². The van der Waals surface area contributed by atoms with Crippen LogP contribution in [-0.2, 0) is 11.3 Å². The van der Waals surface area contributed by atoms with Crippen molar-refractivity contribution in [1.29, 1.82) is 0 Å². The first-order chi connectivity index (χ1) is 9.43. The van der Waals surface area contributed by atoms with Crippen LogP contribution >= 0.6 is 0 Å². The summed E-state index contributed by atoms with van der Waals surface area (Å²) in [6, 6.07) is 8.90. The van der Waals surface area contributed by atoms with Gasteiger partial charge in [0.25, 0.3) is 0 Å². The number of benzene rings is 1. The minimum Gasteiger partial charge on any atom is -0.379 e. The Kier molecular flexibility index (Phi) is 4.49. The van der Waals surface area contributed by atoms with Crippen LogP contribution in [0.5, 0.6) is 0 Å².